The summed E-state index contributed by atoms with van der Waals surface area (Å²) in [5.41, 5.74) is 3.93. The van der Waals surface area contributed by atoms with Gasteiger partial charge in [0.25, 0.3) is 5.91 Å². The molecule has 0 aliphatic carbocycles. The normalized spacial score (nSPS) is 22.3. The summed E-state index contributed by atoms with van der Waals surface area (Å²) in [4.78, 5) is 42.9. The number of fused-ring (bicyclic) bond motifs is 1. The number of likely N-dealkylation sites (tertiary alicyclic amines) is 1. The van der Waals surface area contributed by atoms with Gasteiger partial charge in [-0.15, -0.1) is 11.3 Å². The summed E-state index contributed by atoms with van der Waals surface area (Å²) in [6.07, 6.45) is 2.17. The number of hydrogen-bond donors (Lipinski definition) is 0. The SMILES string of the molecule is Cc1ncsc1C(=O)N1CCC[C@@](C)(c2nc(C)c3c(n2)N(C)C(=O)C3)C1. The number of rotatable bonds is 2. The number of thiazole rings is 1. The highest BCUT2D eigenvalue weighted by atomic mass is 32.1. The molecule has 0 saturated carbocycles. The number of aryl methyl sites for hydroxylation is 2. The molecule has 27 heavy (non-hydrogen) atoms. The third-order valence-corrected chi connectivity index (χ3v) is 6.59. The lowest BCUT2D eigenvalue weighted by molar-refractivity contribution is -0.117. The first-order valence-electron chi connectivity index (χ1n) is 9.14. The molecule has 2 aliphatic rings. The van der Waals surface area contributed by atoms with Gasteiger partial charge >= 0.3 is 0 Å². The molecule has 2 aliphatic heterocycles. The largest absolute Gasteiger partial charge is 0.337 e. The molecular weight excluding hydrogens is 362 g/mol. The van der Waals surface area contributed by atoms with E-state index >= 15 is 0 Å². The molecule has 0 N–H and O–H groups in total. The second-order valence-corrected chi connectivity index (χ2v) is 8.58. The molecule has 2 aromatic heterocycles. The predicted molar refractivity (Wildman–Crippen MR) is 103 cm³/mol. The van der Waals surface area contributed by atoms with Gasteiger partial charge in [0.05, 0.1) is 17.6 Å². The molecule has 2 aromatic rings. The Kier molecular flexibility index (Phi) is 4.25. The van der Waals surface area contributed by atoms with E-state index in [0.29, 0.717) is 23.7 Å². The Morgan fingerprint density at radius 2 is 2.04 bits per heavy atom. The molecule has 0 spiro atoms. The second kappa shape index (κ2) is 6.37. The van der Waals surface area contributed by atoms with E-state index in [-0.39, 0.29) is 17.2 Å². The molecule has 1 atom stereocenters. The lowest BCUT2D eigenvalue weighted by atomic mass is 9.80. The maximum Gasteiger partial charge on any atom is 0.265 e. The van der Waals surface area contributed by atoms with Crippen molar-refractivity contribution in [3.05, 3.63) is 33.2 Å². The number of nitrogens with zero attached hydrogens (tertiary/aromatic N) is 5. The van der Waals surface area contributed by atoms with E-state index in [2.05, 4.69) is 11.9 Å². The van der Waals surface area contributed by atoms with Crippen molar-refractivity contribution in [2.24, 2.45) is 0 Å². The van der Waals surface area contributed by atoms with Crippen LogP contribution < -0.4 is 4.90 Å². The van der Waals surface area contributed by atoms with Crippen LogP contribution in [0.15, 0.2) is 5.51 Å². The Balaban J connectivity index is 1.66. The van der Waals surface area contributed by atoms with Crippen LogP contribution in [-0.2, 0) is 16.6 Å². The standard InChI is InChI=1S/C19H23N5O2S/c1-11-13-8-14(25)23(4)16(13)22-18(21-11)19(3)6-5-7-24(9-19)17(26)15-12(2)20-10-27-15/h10H,5-9H2,1-4H3/t19-/m1/s1. The van der Waals surface area contributed by atoms with Gasteiger partial charge in [-0.25, -0.2) is 15.0 Å². The summed E-state index contributed by atoms with van der Waals surface area (Å²) in [6, 6.07) is 0. The van der Waals surface area contributed by atoms with Crippen LogP contribution in [-0.4, -0.2) is 51.8 Å². The highest BCUT2D eigenvalue weighted by Crippen LogP contribution is 2.36. The summed E-state index contributed by atoms with van der Waals surface area (Å²) in [5.74, 6) is 1.52. The quantitative estimate of drug-likeness (QED) is 0.792. The molecule has 1 fully saturated rings. The van der Waals surface area contributed by atoms with Gasteiger partial charge in [-0.05, 0) is 26.7 Å². The van der Waals surface area contributed by atoms with Gasteiger partial charge in [0, 0.05) is 36.8 Å². The van der Waals surface area contributed by atoms with Crippen LogP contribution in [0.2, 0.25) is 0 Å². The monoisotopic (exact) mass is 385 g/mol. The molecule has 2 amide bonds. The van der Waals surface area contributed by atoms with Crippen molar-refractivity contribution >= 4 is 29.0 Å². The number of likely N-dealkylation sites (N-methyl/N-ethyl adjacent to an activating group) is 1. The average Bonchev–Trinajstić information content (AvgIpc) is 3.19. The molecule has 8 heteroatoms. The van der Waals surface area contributed by atoms with Gasteiger partial charge < -0.3 is 4.90 Å². The van der Waals surface area contributed by atoms with Crippen LogP contribution in [0.5, 0.6) is 0 Å². The van der Waals surface area contributed by atoms with E-state index in [4.69, 9.17) is 9.97 Å². The molecule has 7 nitrogen and oxygen atoms in total. The van der Waals surface area contributed by atoms with Crippen LogP contribution in [0.4, 0.5) is 5.82 Å². The lowest BCUT2D eigenvalue weighted by Gasteiger charge is -2.39. The Morgan fingerprint density at radius 3 is 2.74 bits per heavy atom. The number of anilines is 1. The summed E-state index contributed by atoms with van der Waals surface area (Å²) < 4.78 is 0. The molecule has 0 radical (unpaired) electrons. The second-order valence-electron chi connectivity index (χ2n) is 7.72. The van der Waals surface area contributed by atoms with Crippen LogP contribution in [0.1, 0.15) is 52.2 Å². The Bertz CT molecular complexity index is 940. The molecule has 0 aromatic carbocycles. The van der Waals surface area contributed by atoms with Gasteiger partial charge in [-0.1, -0.05) is 6.92 Å². The number of amides is 2. The zero-order valence-electron chi connectivity index (χ0n) is 16.1. The first kappa shape index (κ1) is 18.0. The van der Waals surface area contributed by atoms with E-state index in [1.54, 1.807) is 17.5 Å². The van der Waals surface area contributed by atoms with Crippen LogP contribution in [0, 0.1) is 13.8 Å². The van der Waals surface area contributed by atoms with Crippen molar-refractivity contribution in [3.8, 4) is 0 Å². The molecule has 0 bridgehead atoms. The van der Waals surface area contributed by atoms with Crippen molar-refractivity contribution in [3.63, 3.8) is 0 Å². The molecular formula is C19H23N5O2S. The summed E-state index contributed by atoms with van der Waals surface area (Å²) in [6.45, 7) is 7.22. The predicted octanol–water partition coefficient (Wildman–Crippen LogP) is 2.26. The summed E-state index contributed by atoms with van der Waals surface area (Å²) in [7, 11) is 1.76. The van der Waals surface area contributed by atoms with Gasteiger partial charge in [0.15, 0.2) is 0 Å². The summed E-state index contributed by atoms with van der Waals surface area (Å²) >= 11 is 1.39. The van der Waals surface area contributed by atoms with Gasteiger partial charge in [0.1, 0.15) is 16.5 Å². The van der Waals surface area contributed by atoms with Crippen LogP contribution in [0.25, 0.3) is 0 Å². The van der Waals surface area contributed by atoms with E-state index in [1.165, 1.54) is 11.3 Å². The maximum atomic E-state index is 13.0. The van der Waals surface area contributed by atoms with Gasteiger partial charge in [0.2, 0.25) is 5.91 Å². The van der Waals surface area contributed by atoms with Crippen molar-refractivity contribution in [2.75, 3.05) is 25.0 Å². The number of aromatic nitrogens is 3. The first-order valence-corrected chi connectivity index (χ1v) is 10.0. The van der Waals surface area contributed by atoms with E-state index < -0.39 is 0 Å². The first-order chi connectivity index (χ1) is 12.8. The molecule has 142 valence electrons. The molecule has 1 saturated heterocycles. The highest BCUT2D eigenvalue weighted by Gasteiger charge is 2.40. The minimum absolute atomic E-state index is 0.0334. The smallest absolute Gasteiger partial charge is 0.265 e. The third-order valence-electron chi connectivity index (χ3n) is 5.68. The van der Waals surface area contributed by atoms with E-state index in [1.807, 2.05) is 18.7 Å². The Morgan fingerprint density at radius 1 is 1.26 bits per heavy atom. The average molecular weight is 385 g/mol. The topological polar surface area (TPSA) is 79.3 Å². The fraction of sp³-hybridized carbons (Fsp3) is 0.526. The Labute approximate surface area is 162 Å². The minimum atomic E-state index is -0.335. The highest BCUT2D eigenvalue weighted by molar-refractivity contribution is 7.11. The van der Waals surface area contributed by atoms with E-state index in [0.717, 1.165) is 42.2 Å². The number of carbonyl (C=O) groups is 2. The molecule has 0 unspecified atom stereocenters. The zero-order chi connectivity index (χ0) is 19.3. The van der Waals surface area contributed by atoms with Crippen molar-refractivity contribution < 1.29 is 9.59 Å². The fourth-order valence-corrected chi connectivity index (χ4v) is 4.74. The maximum absolute atomic E-state index is 13.0. The van der Waals surface area contributed by atoms with Crippen molar-refractivity contribution in [2.45, 2.75) is 45.4 Å². The summed E-state index contributed by atoms with van der Waals surface area (Å²) in [5, 5.41) is 0. The van der Waals surface area contributed by atoms with Crippen molar-refractivity contribution in [1.82, 2.24) is 19.9 Å². The number of hydrogen-bond acceptors (Lipinski definition) is 6. The van der Waals surface area contributed by atoms with E-state index in [9.17, 15) is 9.59 Å². The molecule has 4 rings (SSSR count). The minimum Gasteiger partial charge on any atom is -0.337 e. The lowest BCUT2D eigenvalue weighted by Crippen LogP contribution is -2.48. The van der Waals surface area contributed by atoms with Crippen LogP contribution in [0.3, 0.4) is 0 Å². The van der Waals surface area contributed by atoms with Gasteiger partial charge in [-0.3, -0.25) is 14.5 Å². The van der Waals surface area contributed by atoms with Crippen molar-refractivity contribution in [1.29, 1.82) is 0 Å². The third kappa shape index (κ3) is 2.92. The van der Waals surface area contributed by atoms with Crippen LogP contribution >= 0.6 is 11.3 Å². The Hall–Kier alpha value is -2.35. The fourth-order valence-electron chi connectivity index (χ4n) is 3.97. The number of piperidine rings is 1. The van der Waals surface area contributed by atoms with Gasteiger partial charge in [-0.2, -0.15) is 0 Å². The molecule has 4 heterocycles. The zero-order valence-corrected chi connectivity index (χ0v) is 16.9. The number of carbonyl (C=O) groups excluding carboxylic acids is 2.